The highest BCUT2D eigenvalue weighted by Gasteiger charge is 2.31. The lowest BCUT2D eigenvalue weighted by Crippen LogP contribution is -2.40. The molecule has 1 aromatic heterocycles. The average molecular weight is 325 g/mol. The average Bonchev–Trinajstić information content (AvgIpc) is 3.23. The number of aryl methyl sites for hydroxylation is 1. The number of hydrogen-bond acceptors (Lipinski definition) is 2. The third-order valence-corrected chi connectivity index (χ3v) is 6.00. The second-order valence-electron chi connectivity index (χ2n) is 7.55. The number of hydrogen-bond donors (Lipinski definition) is 1. The molecular formula is C20H27N3O. The van der Waals surface area contributed by atoms with Gasteiger partial charge in [-0.2, -0.15) is 0 Å². The highest BCUT2D eigenvalue weighted by atomic mass is 16.2. The number of carbonyl (C=O) groups is 1. The molecule has 4 heteroatoms. The minimum atomic E-state index is 0.305. The maximum absolute atomic E-state index is 12.6. The lowest BCUT2D eigenvalue weighted by molar-refractivity contribution is -0.136. The van der Waals surface area contributed by atoms with Crippen molar-refractivity contribution in [2.24, 2.45) is 13.0 Å². The summed E-state index contributed by atoms with van der Waals surface area (Å²) in [5, 5.41) is 1.28. The Labute approximate surface area is 143 Å². The van der Waals surface area contributed by atoms with Crippen LogP contribution in [0, 0.1) is 5.92 Å². The van der Waals surface area contributed by atoms with Gasteiger partial charge < -0.3 is 15.2 Å². The number of benzene rings is 1. The Morgan fingerprint density at radius 3 is 2.54 bits per heavy atom. The quantitative estimate of drug-likeness (QED) is 0.857. The van der Waals surface area contributed by atoms with Gasteiger partial charge in [-0.15, -0.1) is 0 Å². The van der Waals surface area contributed by atoms with Gasteiger partial charge in [0.05, 0.1) is 0 Å². The smallest absolute Gasteiger partial charge is 0.225 e. The zero-order chi connectivity index (χ0) is 16.7. The number of anilines is 1. The van der Waals surface area contributed by atoms with Crippen molar-refractivity contribution in [3.63, 3.8) is 0 Å². The van der Waals surface area contributed by atoms with Crippen LogP contribution in [-0.4, -0.2) is 28.5 Å². The first-order valence-electron chi connectivity index (χ1n) is 9.26. The number of carbonyl (C=O) groups excluding carboxylic acids is 1. The highest BCUT2D eigenvalue weighted by molar-refractivity contribution is 5.87. The molecule has 1 aromatic carbocycles. The molecule has 2 aliphatic rings. The van der Waals surface area contributed by atoms with Gasteiger partial charge in [0.15, 0.2) is 0 Å². The van der Waals surface area contributed by atoms with Crippen LogP contribution in [0.3, 0.4) is 0 Å². The van der Waals surface area contributed by atoms with E-state index in [0.717, 1.165) is 44.5 Å². The first-order chi connectivity index (χ1) is 11.6. The normalized spacial score (nSPS) is 20.1. The molecule has 0 spiro atoms. The van der Waals surface area contributed by atoms with Crippen LogP contribution in [-0.2, 0) is 11.8 Å². The Kier molecular flexibility index (Phi) is 3.99. The zero-order valence-corrected chi connectivity index (χ0v) is 14.5. The second kappa shape index (κ2) is 6.15. The lowest BCUT2D eigenvalue weighted by Gasteiger charge is -2.33. The predicted octanol–water partition coefficient (Wildman–Crippen LogP) is 3.66. The van der Waals surface area contributed by atoms with Crippen LogP contribution >= 0.6 is 0 Å². The maximum atomic E-state index is 12.6. The molecule has 4 nitrogen and oxygen atoms in total. The van der Waals surface area contributed by atoms with Crippen molar-refractivity contribution in [3.05, 3.63) is 30.0 Å². The summed E-state index contributed by atoms with van der Waals surface area (Å²) in [5.74, 6) is 1.25. The molecule has 0 atom stereocenters. The molecule has 0 bridgehead atoms. The first-order valence-corrected chi connectivity index (χ1v) is 9.26. The van der Waals surface area contributed by atoms with Crippen molar-refractivity contribution in [2.75, 3.05) is 18.8 Å². The topological polar surface area (TPSA) is 51.3 Å². The number of amides is 1. The summed E-state index contributed by atoms with van der Waals surface area (Å²) < 4.78 is 2.19. The molecule has 1 saturated carbocycles. The third kappa shape index (κ3) is 2.68. The van der Waals surface area contributed by atoms with Gasteiger partial charge in [-0.1, -0.05) is 12.8 Å². The summed E-state index contributed by atoms with van der Waals surface area (Å²) in [6.45, 7) is 1.80. The molecule has 0 radical (unpaired) electrons. The van der Waals surface area contributed by atoms with E-state index in [9.17, 15) is 4.79 Å². The molecule has 2 fully saturated rings. The molecule has 1 saturated heterocycles. The van der Waals surface area contributed by atoms with Crippen LogP contribution in [0.25, 0.3) is 10.9 Å². The van der Waals surface area contributed by atoms with E-state index in [1.165, 1.54) is 29.3 Å². The SMILES string of the molecule is Cn1cc(C2CCN(C(=O)C3CCCC3)CC2)c2cc(N)ccc21. The summed E-state index contributed by atoms with van der Waals surface area (Å²) in [6.07, 6.45) is 9.03. The fourth-order valence-corrected chi connectivity index (χ4v) is 4.61. The summed E-state index contributed by atoms with van der Waals surface area (Å²) >= 11 is 0. The van der Waals surface area contributed by atoms with Crippen molar-refractivity contribution in [1.82, 2.24) is 9.47 Å². The van der Waals surface area contributed by atoms with E-state index >= 15 is 0 Å². The fraction of sp³-hybridized carbons (Fsp3) is 0.550. The van der Waals surface area contributed by atoms with E-state index in [1.807, 2.05) is 6.07 Å². The highest BCUT2D eigenvalue weighted by Crippen LogP contribution is 2.36. The molecule has 2 heterocycles. The maximum Gasteiger partial charge on any atom is 0.225 e. The standard InChI is InChI=1S/C20H27N3O/c1-22-13-18(17-12-16(21)6-7-19(17)22)14-8-10-23(11-9-14)20(24)15-4-2-3-5-15/h6-7,12-15H,2-5,8-11,21H2,1H3. The molecule has 1 aliphatic heterocycles. The van der Waals surface area contributed by atoms with Crippen LogP contribution < -0.4 is 5.73 Å². The van der Waals surface area contributed by atoms with E-state index < -0.39 is 0 Å². The number of piperidine rings is 1. The van der Waals surface area contributed by atoms with Crippen molar-refractivity contribution >= 4 is 22.5 Å². The van der Waals surface area contributed by atoms with Gasteiger partial charge in [0.1, 0.15) is 0 Å². The van der Waals surface area contributed by atoms with Crippen LogP contribution in [0.1, 0.15) is 50.0 Å². The Bertz CT molecular complexity index is 750. The van der Waals surface area contributed by atoms with E-state index in [4.69, 9.17) is 5.73 Å². The summed E-state index contributed by atoms with van der Waals surface area (Å²) in [7, 11) is 2.10. The molecule has 128 valence electrons. The largest absolute Gasteiger partial charge is 0.399 e. The molecule has 1 amide bonds. The molecule has 4 rings (SSSR count). The molecule has 1 aliphatic carbocycles. The van der Waals surface area contributed by atoms with Gasteiger partial charge in [-0.05, 0) is 55.4 Å². The van der Waals surface area contributed by atoms with Gasteiger partial charge in [0.2, 0.25) is 5.91 Å². The van der Waals surface area contributed by atoms with E-state index in [0.29, 0.717) is 17.7 Å². The second-order valence-corrected chi connectivity index (χ2v) is 7.55. The number of nitrogens with zero attached hydrogens (tertiary/aromatic N) is 2. The summed E-state index contributed by atoms with van der Waals surface area (Å²) in [6, 6.07) is 6.17. The summed E-state index contributed by atoms with van der Waals surface area (Å²) in [5.41, 5.74) is 9.46. The van der Waals surface area contributed by atoms with Crippen LogP contribution in [0.15, 0.2) is 24.4 Å². The van der Waals surface area contributed by atoms with Gasteiger partial charge in [0, 0.05) is 48.8 Å². The molecule has 0 unspecified atom stereocenters. The zero-order valence-electron chi connectivity index (χ0n) is 14.5. The summed E-state index contributed by atoms with van der Waals surface area (Å²) in [4.78, 5) is 14.7. The van der Waals surface area contributed by atoms with E-state index in [-0.39, 0.29) is 0 Å². The van der Waals surface area contributed by atoms with Crippen LogP contribution in [0.2, 0.25) is 0 Å². The Hall–Kier alpha value is -1.97. The van der Waals surface area contributed by atoms with Gasteiger partial charge in [-0.25, -0.2) is 0 Å². The van der Waals surface area contributed by atoms with E-state index in [2.05, 4.69) is 34.8 Å². The minimum absolute atomic E-state index is 0.305. The Morgan fingerprint density at radius 2 is 1.83 bits per heavy atom. The predicted molar refractivity (Wildman–Crippen MR) is 97.8 cm³/mol. The molecule has 2 N–H and O–H groups in total. The monoisotopic (exact) mass is 325 g/mol. The number of nitrogens with two attached hydrogens (primary N) is 1. The van der Waals surface area contributed by atoms with Crippen molar-refractivity contribution < 1.29 is 4.79 Å². The number of fused-ring (bicyclic) bond motifs is 1. The number of nitrogen functional groups attached to an aromatic ring is 1. The van der Waals surface area contributed by atoms with Gasteiger partial charge in [0.25, 0.3) is 0 Å². The number of aromatic nitrogens is 1. The minimum Gasteiger partial charge on any atom is -0.399 e. The first kappa shape index (κ1) is 15.6. The lowest BCUT2D eigenvalue weighted by atomic mass is 9.88. The number of rotatable bonds is 2. The molecule has 2 aromatic rings. The molecular weight excluding hydrogens is 298 g/mol. The van der Waals surface area contributed by atoms with Crippen LogP contribution in [0.5, 0.6) is 0 Å². The van der Waals surface area contributed by atoms with Gasteiger partial charge >= 0.3 is 0 Å². The van der Waals surface area contributed by atoms with Gasteiger partial charge in [-0.3, -0.25) is 4.79 Å². The van der Waals surface area contributed by atoms with Crippen LogP contribution in [0.4, 0.5) is 5.69 Å². The van der Waals surface area contributed by atoms with Crippen molar-refractivity contribution in [2.45, 2.75) is 44.4 Å². The Balaban J connectivity index is 1.50. The third-order valence-electron chi connectivity index (χ3n) is 6.00. The molecule has 24 heavy (non-hydrogen) atoms. The van der Waals surface area contributed by atoms with E-state index in [1.54, 1.807) is 0 Å². The fourth-order valence-electron chi connectivity index (χ4n) is 4.61. The number of likely N-dealkylation sites (tertiary alicyclic amines) is 1. The Morgan fingerprint density at radius 1 is 1.12 bits per heavy atom. The van der Waals surface area contributed by atoms with Crippen molar-refractivity contribution in [3.8, 4) is 0 Å². The van der Waals surface area contributed by atoms with Crippen molar-refractivity contribution in [1.29, 1.82) is 0 Å².